The highest BCUT2D eigenvalue weighted by Crippen LogP contribution is 2.26. The third-order valence-electron chi connectivity index (χ3n) is 1.94. The zero-order valence-corrected chi connectivity index (χ0v) is 8.75. The molecule has 1 aromatic rings. The number of hydrogen-bond donors (Lipinski definition) is 1. The Morgan fingerprint density at radius 2 is 2.29 bits per heavy atom. The molecule has 2 N–H and O–H groups in total. The van der Waals surface area contributed by atoms with Gasteiger partial charge in [0.1, 0.15) is 0 Å². The number of anilines is 2. The predicted molar refractivity (Wildman–Crippen MR) is 59.4 cm³/mol. The van der Waals surface area contributed by atoms with Crippen molar-refractivity contribution in [2.45, 2.75) is 6.42 Å². The van der Waals surface area contributed by atoms with E-state index in [-0.39, 0.29) is 0 Å². The third kappa shape index (κ3) is 2.54. The second-order valence-corrected chi connectivity index (χ2v) is 3.45. The number of nitrogens with zero attached hydrogens (tertiary/aromatic N) is 2. The lowest BCUT2D eigenvalue weighted by atomic mass is 10.2. The SMILES string of the molecule is CN(CCC#N)c1ccc(N)cc1Cl. The van der Waals surface area contributed by atoms with Crippen LogP contribution in [0.4, 0.5) is 11.4 Å². The number of hydrogen-bond acceptors (Lipinski definition) is 3. The van der Waals surface area contributed by atoms with Crippen LogP contribution in [0.2, 0.25) is 5.02 Å². The maximum atomic E-state index is 8.45. The van der Waals surface area contributed by atoms with Crippen molar-refractivity contribution in [3.05, 3.63) is 23.2 Å². The molecule has 0 amide bonds. The topological polar surface area (TPSA) is 53.0 Å². The summed E-state index contributed by atoms with van der Waals surface area (Å²) in [5, 5.41) is 9.06. The van der Waals surface area contributed by atoms with Crippen molar-refractivity contribution >= 4 is 23.0 Å². The lowest BCUT2D eigenvalue weighted by molar-refractivity contribution is 0.905. The average molecular weight is 210 g/mol. The summed E-state index contributed by atoms with van der Waals surface area (Å²) >= 11 is 6.00. The molecule has 0 aliphatic carbocycles. The molecule has 1 rings (SSSR count). The van der Waals surface area contributed by atoms with Gasteiger partial charge in [0.25, 0.3) is 0 Å². The molecule has 0 aliphatic rings. The molecule has 0 aromatic heterocycles. The molecule has 0 fully saturated rings. The number of rotatable bonds is 3. The van der Waals surface area contributed by atoms with Crippen molar-refractivity contribution in [2.24, 2.45) is 0 Å². The van der Waals surface area contributed by atoms with Gasteiger partial charge in [-0.3, -0.25) is 0 Å². The van der Waals surface area contributed by atoms with Gasteiger partial charge in [0.05, 0.1) is 23.2 Å². The maximum absolute atomic E-state index is 8.45. The fourth-order valence-electron chi connectivity index (χ4n) is 1.17. The van der Waals surface area contributed by atoms with Crippen molar-refractivity contribution in [1.82, 2.24) is 0 Å². The van der Waals surface area contributed by atoms with Crippen molar-refractivity contribution < 1.29 is 0 Å². The quantitative estimate of drug-likeness (QED) is 0.778. The molecule has 0 spiro atoms. The monoisotopic (exact) mass is 209 g/mol. The lowest BCUT2D eigenvalue weighted by Gasteiger charge is -2.19. The van der Waals surface area contributed by atoms with Gasteiger partial charge in [0.15, 0.2) is 0 Å². The van der Waals surface area contributed by atoms with Crippen LogP contribution in [0.1, 0.15) is 6.42 Å². The molecule has 0 saturated heterocycles. The molecule has 0 radical (unpaired) electrons. The highest BCUT2D eigenvalue weighted by Gasteiger charge is 2.05. The molecule has 1 aromatic carbocycles. The van der Waals surface area contributed by atoms with E-state index in [4.69, 9.17) is 22.6 Å². The van der Waals surface area contributed by atoms with Crippen molar-refractivity contribution in [1.29, 1.82) is 5.26 Å². The summed E-state index contributed by atoms with van der Waals surface area (Å²) in [6.45, 7) is 0.667. The Balaban J connectivity index is 2.80. The van der Waals surface area contributed by atoms with Gasteiger partial charge < -0.3 is 10.6 Å². The first-order valence-electron chi connectivity index (χ1n) is 4.28. The first-order valence-corrected chi connectivity index (χ1v) is 4.66. The molecule has 0 aliphatic heterocycles. The second-order valence-electron chi connectivity index (χ2n) is 3.04. The molecule has 0 bridgehead atoms. The lowest BCUT2D eigenvalue weighted by Crippen LogP contribution is -2.18. The van der Waals surface area contributed by atoms with Crippen molar-refractivity contribution in [3.8, 4) is 6.07 Å². The molecule has 3 nitrogen and oxygen atoms in total. The largest absolute Gasteiger partial charge is 0.399 e. The van der Waals surface area contributed by atoms with E-state index in [9.17, 15) is 0 Å². The van der Waals surface area contributed by atoms with E-state index in [1.54, 1.807) is 12.1 Å². The number of nitrogen functional groups attached to an aromatic ring is 1. The molecule has 74 valence electrons. The van der Waals surface area contributed by atoms with E-state index >= 15 is 0 Å². The molecule has 0 saturated carbocycles. The highest BCUT2D eigenvalue weighted by molar-refractivity contribution is 6.33. The molecule has 0 heterocycles. The van der Waals surface area contributed by atoms with Crippen LogP contribution >= 0.6 is 11.6 Å². The summed E-state index contributed by atoms with van der Waals surface area (Å²) in [5.41, 5.74) is 7.12. The maximum Gasteiger partial charge on any atom is 0.0659 e. The van der Waals surface area contributed by atoms with Gasteiger partial charge in [-0.05, 0) is 18.2 Å². The Labute approximate surface area is 88.7 Å². The Morgan fingerprint density at radius 1 is 1.57 bits per heavy atom. The van der Waals surface area contributed by atoms with Crippen molar-refractivity contribution in [2.75, 3.05) is 24.2 Å². The predicted octanol–water partition coefficient (Wildman–Crippen LogP) is 2.27. The summed E-state index contributed by atoms with van der Waals surface area (Å²) in [5.74, 6) is 0. The third-order valence-corrected chi connectivity index (χ3v) is 2.24. The number of nitriles is 1. The minimum atomic E-state index is 0.483. The van der Waals surface area contributed by atoms with E-state index in [0.717, 1.165) is 5.69 Å². The van der Waals surface area contributed by atoms with Gasteiger partial charge in [-0.2, -0.15) is 5.26 Å². The zero-order valence-electron chi connectivity index (χ0n) is 8.00. The van der Waals surface area contributed by atoms with E-state index < -0.39 is 0 Å². The molecular weight excluding hydrogens is 198 g/mol. The Kier molecular flexibility index (Phi) is 3.61. The Hall–Kier alpha value is -1.40. The first kappa shape index (κ1) is 10.7. The number of halogens is 1. The van der Waals surface area contributed by atoms with Gasteiger partial charge in [0.2, 0.25) is 0 Å². The average Bonchev–Trinajstić information content (AvgIpc) is 2.14. The molecule has 0 unspecified atom stereocenters. The fourth-order valence-corrected chi connectivity index (χ4v) is 1.50. The van der Waals surface area contributed by atoms with Crippen LogP contribution in [0.25, 0.3) is 0 Å². The standard InChI is InChI=1S/C10H12ClN3/c1-14(6-2-5-12)10-4-3-8(13)7-9(10)11/h3-4,7H,2,6,13H2,1H3. The van der Waals surface area contributed by atoms with Crippen LogP contribution in [0.5, 0.6) is 0 Å². The van der Waals surface area contributed by atoms with E-state index in [1.165, 1.54) is 0 Å². The summed E-state index contributed by atoms with van der Waals surface area (Å²) < 4.78 is 0. The molecular formula is C10H12ClN3. The summed E-state index contributed by atoms with van der Waals surface area (Å²) in [7, 11) is 1.90. The summed E-state index contributed by atoms with van der Waals surface area (Å²) in [6.07, 6.45) is 0.483. The van der Waals surface area contributed by atoms with Gasteiger partial charge in [-0.15, -0.1) is 0 Å². The fraction of sp³-hybridized carbons (Fsp3) is 0.300. The van der Waals surface area contributed by atoms with Crippen LogP contribution in [0, 0.1) is 11.3 Å². The summed E-state index contributed by atoms with van der Waals surface area (Å²) in [4.78, 5) is 1.94. The summed E-state index contributed by atoms with van der Waals surface area (Å²) in [6, 6.07) is 7.45. The van der Waals surface area contributed by atoms with E-state index in [1.807, 2.05) is 18.0 Å². The first-order chi connectivity index (χ1) is 6.65. The Bertz CT molecular complexity index is 357. The second kappa shape index (κ2) is 4.73. The van der Waals surface area contributed by atoms with Crippen LogP contribution in [0.15, 0.2) is 18.2 Å². The smallest absolute Gasteiger partial charge is 0.0659 e. The minimum Gasteiger partial charge on any atom is -0.399 e. The number of nitrogens with two attached hydrogens (primary N) is 1. The van der Waals surface area contributed by atoms with Gasteiger partial charge >= 0.3 is 0 Å². The van der Waals surface area contributed by atoms with E-state index in [0.29, 0.717) is 23.7 Å². The molecule has 14 heavy (non-hydrogen) atoms. The zero-order chi connectivity index (χ0) is 10.6. The van der Waals surface area contributed by atoms with Gasteiger partial charge in [0, 0.05) is 19.3 Å². The van der Waals surface area contributed by atoms with Crippen LogP contribution in [-0.4, -0.2) is 13.6 Å². The van der Waals surface area contributed by atoms with E-state index in [2.05, 4.69) is 6.07 Å². The van der Waals surface area contributed by atoms with Crippen molar-refractivity contribution in [3.63, 3.8) is 0 Å². The molecule has 0 atom stereocenters. The van der Waals surface area contributed by atoms with Crippen LogP contribution < -0.4 is 10.6 Å². The number of benzene rings is 1. The molecule has 4 heteroatoms. The minimum absolute atomic E-state index is 0.483. The Morgan fingerprint density at radius 3 is 2.86 bits per heavy atom. The highest BCUT2D eigenvalue weighted by atomic mass is 35.5. The normalized spacial score (nSPS) is 9.50. The van der Waals surface area contributed by atoms with Gasteiger partial charge in [-0.1, -0.05) is 11.6 Å². The van der Waals surface area contributed by atoms with Crippen LogP contribution in [0.3, 0.4) is 0 Å². The van der Waals surface area contributed by atoms with Gasteiger partial charge in [-0.25, -0.2) is 0 Å². The van der Waals surface area contributed by atoms with Crippen LogP contribution in [-0.2, 0) is 0 Å².